The van der Waals surface area contributed by atoms with Crippen molar-refractivity contribution in [3.8, 4) is 0 Å². The molecule has 0 spiro atoms. The first-order chi connectivity index (χ1) is 11.2. The third-order valence-corrected chi connectivity index (χ3v) is 3.33. The Kier molecular flexibility index (Phi) is 12.3. The molecule has 0 bridgehead atoms. The second kappa shape index (κ2) is 13.0. The zero-order chi connectivity index (χ0) is 18.5. The molecule has 0 heterocycles. The lowest BCUT2D eigenvalue weighted by Crippen LogP contribution is -2.38. The van der Waals surface area contributed by atoms with E-state index in [9.17, 15) is 0 Å². The van der Waals surface area contributed by atoms with E-state index >= 15 is 0 Å². The standard InChI is InChI=1S/C14H30N8S2/c1-11(17-19-13(23)15-7-9-21(3)4)12(2)18-20-14(24)16-8-10-22(5)6/h7-10H2,1-6H3,(H2,15,19,23)(H2,16,20,24)/b17-11+,18-12+. The predicted octanol–water partition coefficient (Wildman–Crippen LogP) is -0.210. The van der Waals surface area contributed by atoms with Gasteiger partial charge in [-0.1, -0.05) is 0 Å². The summed E-state index contributed by atoms with van der Waals surface area (Å²) in [5.41, 5.74) is 7.03. The molecule has 0 aliphatic rings. The molecule has 0 saturated carbocycles. The van der Waals surface area contributed by atoms with Crippen LogP contribution in [0.25, 0.3) is 0 Å². The van der Waals surface area contributed by atoms with Crippen LogP contribution in [0.3, 0.4) is 0 Å². The molecule has 10 heteroatoms. The molecule has 4 N–H and O–H groups in total. The van der Waals surface area contributed by atoms with Gasteiger partial charge in [0.1, 0.15) is 0 Å². The maximum Gasteiger partial charge on any atom is 0.187 e. The van der Waals surface area contributed by atoms with Gasteiger partial charge in [0.25, 0.3) is 0 Å². The van der Waals surface area contributed by atoms with E-state index in [2.05, 4.69) is 41.5 Å². The van der Waals surface area contributed by atoms with Crippen LogP contribution in [0.1, 0.15) is 13.8 Å². The van der Waals surface area contributed by atoms with Crippen molar-refractivity contribution in [2.45, 2.75) is 13.8 Å². The van der Waals surface area contributed by atoms with Gasteiger partial charge in [-0.2, -0.15) is 10.2 Å². The molecule has 24 heavy (non-hydrogen) atoms. The molecule has 0 aliphatic heterocycles. The fraction of sp³-hybridized carbons (Fsp3) is 0.714. The highest BCUT2D eigenvalue weighted by Gasteiger charge is 2.00. The lowest BCUT2D eigenvalue weighted by molar-refractivity contribution is 0.412. The van der Waals surface area contributed by atoms with Crippen LogP contribution in [0, 0.1) is 0 Å². The molecular formula is C14H30N8S2. The Hall–Kier alpha value is -1.36. The van der Waals surface area contributed by atoms with Crippen LogP contribution in [0.15, 0.2) is 10.2 Å². The predicted molar refractivity (Wildman–Crippen MR) is 111 cm³/mol. The van der Waals surface area contributed by atoms with Crippen molar-refractivity contribution < 1.29 is 0 Å². The summed E-state index contributed by atoms with van der Waals surface area (Å²) in [6.45, 7) is 7.00. The molecule has 0 atom stereocenters. The largest absolute Gasteiger partial charge is 0.360 e. The maximum absolute atomic E-state index is 5.15. The first-order valence-corrected chi connectivity index (χ1v) is 8.50. The normalized spacial score (nSPS) is 12.3. The molecule has 0 unspecified atom stereocenters. The minimum Gasteiger partial charge on any atom is -0.360 e. The number of thiocarbonyl (C=S) groups is 2. The SMILES string of the molecule is CC(=N\NC(=S)NCCN(C)C)/C(C)=N/NC(=S)NCCN(C)C. The quantitative estimate of drug-likeness (QED) is 0.251. The first-order valence-electron chi connectivity index (χ1n) is 7.68. The Morgan fingerprint density at radius 3 is 1.38 bits per heavy atom. The summed E-state index contributed by atoms with van der Waals surface area (Å²) < 4.78 is 0. The first kappa shape index (κ1) is 22.6. The van der Waals surface area contributed by atoms with E-state index in [-0.39, 0.29) is 0 Å². The summed E-state index contributed by atoms with van der Waals surface area (Å²) in [6.07, 6.45) is 0. The van der Waals surface area contributed by atoms with E-state index in [1.807, 2.05) is 42.0 Å². The molecule has 0 amide bonds. The van der Waals surface area contributed by atoms with Crippen LogP contribution in [0.2, 0.25) is 0 Å². The Labute approximate surface area is 156 Å². The molecule has 0 aromatic rings. The lowest BCUT2D eigenvalue weighted by Gasteiger charge is -2.12. The van der Waals surface area contributed by atoms with E-state index in [0.717, 1.165) is 37.6 Å². The zero-order valence-corrected chi connectivity index (χ0v) is 17.1. The molecule has 8 nitrogen and oxygen atoms in total. The highest BCUT2D eigenvalue weighted by atomic mass is 32.1. The van der Waals surface area contributed by atoms with Gasteiger partial charge in [-0.25, -0.2) is 0 Å². The van der Waals surface area contributed by atoms with Gasteiger partial charge in [0.15, 0.2) is 10.2 Å². The van der Waals surface area contributed by atoms with E-state index in [1.165, 1.54) is 0 Å². The Bertz CT molecular complexity index is 418. The van der Waals surface area contributed by atoms with Gasteiger partial charge >= 0.3 is 0 Å². The molecule has 138 valence electrons. The van der Waals surface area contributed by atoms with Gasteiger partial charge in [0.2, 0.25) is 0 Å². The number of hydrogen-bond acceptors (Lipinski definition) is 6. The lowest BCUT2D eigenvalue weighted by atomic mass is 10.3. The number of rotatable bonds is 9. The summed E-state index contributed by atoms with van der Waals surface area (Å²) in [4.78, 5) is 4.14. The van der Waals surface area contributed by atoms with Crippen molar-refractivity contribution in [1.29, 1.82) is 0 Å². The molecule has 0 rings (SSSR count). The Balaban J connectivity index is 4.16. The fourth-order valence-electron chi connectivity index (χ4n) is 1.30. The monoisotopic (exact) mass is 374 g/mol. The van der Waals surface area contributed by atoms with Crippen molar-refractivity contribution in [1.82, 2.24) is 31.3 Å². The van der Waals surface area contributed by atoms with Crippen LogP contribution in [-0.4, -0.2) is 85.8 Å². The second-order valence-electron chi connectivity index (χ2n) is 5.74. The number of likely N-dealkylation sites (N-methyl/N-ethyl adjacent to an activating group) is 2. The molecule has 0 aliphatic carbocycles. The van der Waals surface area contributed by atoms with Crippen LogP contribution in [0.5, 0.6) is 0 Å². The number of nitrogens with zero attached hydrogens (tertiary/aromatic N) is 4. The molecule has 0 saturated heterocycles. The summed E-state index contributed by atoms with van der Waals surface area (Å²) in [5.74, 6) is 0. The zero-order valence-electron chi connectivity index (χ0n) is 15.4. The second-order valence-corrected chi connectivity index (χ2v) is 6.55. The summed E-state index contributed by atoms with van der Waals surface area (Å²) in [7, 11) is 8.03. The van der Waals surface area contributed by atoms with Crippen molar-refractivity contribution in [2.24, 2.45) is 10.2 Å². The van der Waals surface area contributed by atoms with Gasteiger partial charge in [-0.15, -0.1) is 0 Å². The van der Waals surface area contributed by atoms with E-state index in [4.69, 9.17) is 24.4 Å². The third-order valence-electron chi connectivity index (χ3n) is 2.86. The maximum atomic E-state index is 5.15. The van der Waals surface area contributed by atoms with Crippen LogP contribution >= 0.6 is 24.4 Å². The number of hydrazone groups is 2. The molecule has 0 radical (unpaired) electrons. The summed E-state index contributed by atoms with van der Waals surface area (Å²) in [5, 5.41) is 15.5. The van der Waals surface area contributed by atoms with E-state index in [0.29, 0.717) is 10.2 Å². The van der Waals surface area contributed by atoms with Gasteiger partial charge < -0.3 is 20.4 Å². The van der Waals surface area contributed by atoms with Crippen molar-refractivity contribution in [3.05, 3.63) is 0 Å². The van der Waals surface area contributed by atoms with Crippen molar-refractivity contribution >= 4 is 46.1 Å². The molecular weight excluding hydrogens is 344 g/mol. The van der Waals surface area contributed by atoms with Crippen LogP contribution < -0.4 is 21.5 Å². The minimum absolute atomic E-state index is 0.484. The highest BCUT2D eigenvalue weighted by molar-refractivity contribution is 7.80. The van der Waals surface area contributed by atoms with Crippen LogP contribution in [0.4, 0.5) is 0 Å². The van der Waals surface area contributed by atoms with Crippen molar-refractivity contribution in [3.63, 3.8) is 0 Å². The van der Waals surface area contributed by atoms with Gasteiger partial charge in [-0.3, -0.25) is 10.9 Å². The van der Waals surface area contributed by atoms with E-state index < -0.39 is 0 Å². The highest BCUT2D eigenvalue weighted by Crippen LogP contribution is 1.83. The van der Waals surface area contributed by atoms with E-state index in [1.54, 1.807) is 0 Å². The van der Waals surface area contributed by atoms with Gasteiger partial charge in [-0.05, 0) is 66.5 Å². The summed E-state index contributed by atoms with van der Waals surface area (Å²) >= 11 is 10.3. The third kappa shape index (κ3) is 13.1. The summed E-state index contributed by atoms with van der Waals surface area (Å²) in [6, 6.07) is 0. The average molecular weight is 375 g/mol. The molecule has 0 fully saturated rings. The Morgan fingerprint density at radius 1 is 0.750 bits per heavy atom. The average Bonchev–Trinajstić information content (AvgIpc) is 2.49. The number of nitrogens with one attached hydrogen (secondary N) is 4. The van der Waals surface area contributed by atoms with Gasteiger partial charge in [0, 0.05) is 26.2 Å². The Morgan fingerprint density at radius 2 is 1.08 bits per heavy atom. The molecule has 0 aromatic heterocycles. The van der Waals surface area contributed by atoms with Crippen LogP contribution in [-0.2, 0) is 0 Å². The number of hydrogen-bond donors (Lipinski definition) is 4. The van der Waals surface area contributed by atoms with Crippen molar-refractivity contribution in [2.75, 3.05) is 54.4 Å². The minimum atomic E-state index is 0.484. The topological polar surface area (TPSA) is 79.3 Å². The smallest absolute Gasteiger partial charge is 0.187 e. The molecule has 0 aromatic carbocycles. The fourth-order valence-corrected chi connectivity index (χ4v) is 1.59. The van der Waals surface area contributed by atoms with Gasteiger partial charge in [0.05, 0.1) is 11.4 Å².